The van der Waals surface area contributed by atoms with Crippen molar-refractivity contribution in [2.75, 3.05) is 23.9 Å². The summed E-state index contributed by atoms with van der Waals surface area (Å²) >= 11 is 0. The van der Waals surface area contributed by atoms with Crippen molar-refractivity contribution in [1.29, 1.82) is 0 Å². The number of anilines is 2. The van der Waals surface area contributed by atoms with Gasteiger partial charge in [0, 0.05) is 28.2 Å². The van der Waals surface area contributed by atoms with Crippen LogP contribution in [0, 0.1) is 0 Å². The summed E-state index contributed by atoms with van der Waals surface area (Å²) in [6.07, 6.45) is 0.476. The molecule has 0 aliphatic rings. The molecule has 2 aromatic rings. The Labute approximate surface area is 172 Å². The van der Waals surface area contributed by atoms with E-state index in [2.05, 4.69) is 34.9 Å². The zero-order valence-corrected chi connectivity index (χ0v) is 19.5. The summed E-state index contributed by atoms with van der Waals surface area (Å²) in [5.74, 6) is 0.555. The van der Waals surface area contributed by atoms with Crippen LogP contribution in [0.1, 0.15) is 20.8 Å². The molecule has 0 aliphatic heterocycles. The predicted octanol–water partition coefficient (Wildman–Crippen LogP) is 4.23. The van der Waals surface area contributed by atoms with Crippen molar-refractivity contribution in [3.8, 4) is 0 Å². The van der Waals surface area contributed by atoms with Crippen molar-refractivity contribution in [3.63, 3.8) is 0 Å². The maximum absolute atomic E-state index is 12.5. The van der Waals surface area contributed by atoms with Gasteiger partial charge < -0.3 is 14.0 Å². The Kier molecular flexibility index (Phi) is 6.56. The largest absolute Gasteiger partial charge is 0.450 e. The SMILES string of the molecule is CN(C(=O)OC(C)(C)C)c1nc(NC(=O)OCC[Si](C)(C)C)cc2c1ncn2C. The zero-order valence-electron chi connectivity index (χ0n) is 18.5. The van der Waals surface area contributed by atoms with Gasteiger partial charge in [0.25, 0.3) is 0 Å². The second-order valence-electron chi connectivity index (χ2n) is 9.17. The van der Waals surface area contributed by atoms with Crippen molar-refractivity contribution < 1.29 is 19.1 Å². The number of nitrogens with zero attached hydrogens (tertiary/aromatic N) is 4. The van der Waals surface area contributed by atoms with E-state index in [1.165, 1.54) is 4.90 Å². The van der Waals surface area contributed by atoms with Crippen LogP contribution >= 0.6 is 0 Å². The molecule has 0 radical (unpaired) electrons. The van der Waals surface area contributed by atoms with Gasteiger partial charge in [-0.1, -0.05) is 19.6 Å². The molecule has 29 heavy (non-hydrogen) atoms. The maximum atomic E-state index is 12.5. The minimum atomic E-state index is -1.30. The first-order chi connectivity index (χ1) is 13.3. The van der Waals surface area contributed by atoms with Crippen molar-refractivity contribution in [3.05, 3.63) is 12.4 Å². The second kappa shape index (κ2) is 8.40. The summed E-state index contributed by atoms with van der Waals surface area (Å²) in [4.78, 5) is 34.7. The topological polar surface area (TPSA) is 98.6 Å². The molecular weight excluding hydrogens is 390 g/mol. The van der Waals surface area contributed by atoms with E-state index in [1.807, 2.05) is 7.05 Å². The zero-order chi connectivity index (χ0) is 22.0. The summed E-state index contributed by atoms with van der Waals surface area (Å²) in [6, 6.07) is 2.57. The number of imidazole rings is 1. The molecule has 0 saturated carbocycles. The molecule has 2 aromatic heterocycles. The van der Waals surface area contributed by atoms with Gasteiger partial charge in [0.1, 0.15) is 16.9 Å². The highest BCUT2D eigenvalue weighted by Crippen LogP contribution is 2.27. The van der Waals surface area contributed by atoms with Gasteiger partial charge in [-0.05, 0) is 26.8 Å². The Hall–Kier alpha value is -2.62. The van der Waals surface area contributed by atoms with Crippen LogP contribution in [0.4, 0.5) is 21.2 Å². The first kappa shape index (κ1) is 22.7. The third kappa shape index (κ3) is 6.45. The fourth-order valence-electron chi connectivity index (χ4n) is 2.42. The van der Waals surface area contributed by atoms with Crippen LogP contribution < -0.4 is 10.2 Å². The number of carbonyl (C=O) groups is 2. The number of fused-ring (bicyclic) bond motifs is 1. The summed E-state index contributed by atoms with van der Waals surface area (Å²) in [5.41, 5.74) is 0.589. The molecule has 0 fully saturated rings. The number of rotatable bonds is 5. The molecule has 10 heteroatoms. The maximum Gasteiger partial charge on any atom is 0.415 e. The first-order valence-corrected chi connectivity index (χ1v) is 13.2. The minimum Gasteiger partial charge on any atom is -0.450 e. The van der Waals surface area contributed by atoms with E-state index in [9.17, 15) is 9.59 Å². The molecule has 9 nitrogen and oxygen atoms in total. The monoisotopic (exact) mass is 421 g/mol. The van der Waals surface area contributed by atoms with Crippen molar-refractivity contribution in [2.24, 2.45) is 7.05 Å². The van der Waals surface area contributed by atoms with E-state index in [0.717, 1.165) is 6.04 Å². The van der Waals surface area contributed by atoms with E-state index < -0.39 is 25.9 Å². The average molecular weight is 422 g/mol. The lowest BCUT2D eigenvalue weighted by Gasteiger charge is -2.24. The van der Waals surface area contributed by atoms with Crippen LogP contribution in [0.5, 0.6) is 0 Å². The second-order valence-corrected chi connectivity index (χ2v) is 14.8. The van der Waals surface area contributed by atoms with Crippen LogP contribution in [0.2, 0.25) is 25.7 Å². The molecule has 1 N–H and O–H groups in total. The summed E-state index contributed by atoms with van der Waals surface area (Å²) in [6.45, 7) is 12.4. The van der Waals surface area contributed by atoms with E-state index >= 15 is 0 Å². The number of amides is 2. The van der Waals surface area contributed by atoms with Crippen LogP contribution in [-0.2, 0) is 16.5 Å². The highest BCUT2D eigenvalue weighted by atomic mass is 28.3. The van der Waals surface area contributed by atoms with Gasteiger partial charge in [0.2, 0.25) is 0 Å². The summed E-state index contributed by atoms with van der Waals surface area (Å²) < 4.78 is 12.5. The fourth-order valence-corrected chi connectivity index (χ4v) is 3.13. The molecule has 0 bridgehead atoms. The van der Waals surface area contributed by atoms with Gasteiger partial charge in [-0.25, -0.2) is 19.6 Å². The number of nitrogens with one attached hydrogen (secondary N) is 1. The van der Waals surface area contributed by atoms with Gasteiger partial charge >= 0.3 is 12.2 Å². The minimum absolute atomic E-state index is 0.268. The molecule has 0 atom stereocenters. The normalized spacial score (nSPS) is 12.0. The smallest absolute Gasteiger partial charge is 0.415 e. The Bertz CT molecular complexity index is 898. The van der Waals surface area contributed by atoms with Gasteiger partial charge in [-0.15, -0.1) is 0 Å². The lowest BCUT2D eigenvalue weighted by molar-refractivity contribution is 0.0588. The molecule has 0 unspecified atom stereocenters. The number of aryl methyl sites for hydroxylation is 1. The standard InChI is InChI=1S/C19H31N5O4Si/c1-19(2,3)28-18(26)24(5)16-15-13(23(4)12-20-15)11-14(21-16)22-17(25)27-9-10-29(6,7)8/h11-12H,9-10H2,1-8H3,(H,21,22,25). The van der Waals surface area contributed by atoms with Crippen LogP contribution in [0.15, 0.2) is 12.4 Å². The van der Waals surface area contributed by atoms with E-state index in [-0.39, 0.29) is 11.6 Å². The Morgan fingerprint density at radius 3 is 2.52 bits per heavy atom. The van der Waals surface area contributed by atoms with Crippen molar-refractivity contribution in [1.82, 2.24) is 14.5 Å². The molecule has 2 amide bonds. The van der Waals surface area contributed by atoms with Crippen LogP contribution in [0.25, 0.3) is 11.0 Å². The molecule has 2 rings (SSSR count). The third-order valence-electron chi connectivity index (χ3n) is 3.99. The number of hydrogen-bond acceptors (Lipinski definition) is 6. The van der Waals surface area contributed by atoms with E-state index in [0.29, 0.717) is 17.6 Å². The molecule has 160 valence electrons. The van der Waals surface area contributed by atoms with E-state index in [1.54, 1.807) is 44.8 Å². The van der Waals surface area contributed by atoms with Crippen molar-refractivity contribution >= 4 is 42.9 Å². The Morgan fingerprint density at radius 2 is 1.93 bits per heavy atom. The highest BCUT2D eigenvalue weighted by Gasteiger charge is 2.25. The average Bonchev–Trinajstić information content (AvgIpc) is 2.92. The quantitative estimate of drug-likeness (QED) is 0.726. The Balaban J connectivity index is 2.25. The number of carbonyl (C=O) groups excluding carboxylic acids is 2. The van der Waals surface area contributed by atoms with Crippen molar-refractivity contribution in [2.45, 2.75) is 52.1 Å². The lowest BCUT2D eigenvalue weighted by atomic mass is 10.2. The van der Waals surface area contributed by atoms with Crippen LogP contribution in [0.3, 0.4) is 0 Å². The lowest BCUT2D eigenvalue weighted by Crippen LogP contribution is -2.34. The van der Waals surface area contributed by atoms with Crippen LogP contribution in [-0.4, -0.2) is 54.1 Å². The fraction of sp³-hybridized carbons (Fsp3) is 0.579. The van der Waals surface area contributed by atoms with Gasteiger partial charge in [0.05, 0.1) is 18.5 Å². The molecular formula is C19H31N5O4Si. The molecule has 0 aliphatic carbocycles. The Morgan fingerprint density at radius 1 is 1.28 bits per heavy atom. The predicted molar refractivity (Wildman–Crippen MR) is 116 cm³/mol. The summed E-state index contributed by atoms with van der Waals surface area (Å²) in [7, 11) is 2.08. The number of aromatic nitrogens is 3. The van der Waals surface area contributed by atoms with Gasteiger partial charge in [-0.3, -0.25) is 10.2 Å². The molecule has 0 saturated heterocycles. The molecule has 2 heterocycles. The van der Waals surface area contributed by atoms with Gasteiger partial charge in [0.15, 0.2) is 5.82 Å². The number of ether oxygens (including phenoxy) is 2. The van der Waals surface area contributed by atoms with E-state index in [4.69, 9.17) is 9.47 Å². The third-order valence-corrected chi connectivity index (χ3v) is 5.70. The highest BCUT2D eigenvalue weighted by molar-refractivity contribution is 6.76. The number of pyridine rings is 1. The van der Waals surface area contributed by atoms with Gasteiger partial charge in [-0.2, -0.15) is 0 Å². The molecule has 0 spiro atoms. The first-order valence-electron chi connectivity index (χ1n) is 9.49. The summed E-state index contributed by atoms with van der Waals surface area (Å²) in [5, 5.41) is 2.64. The number of hydrogen-bond donors (Lipinski definition) is 1. The molecule has 0 aromatic carbocycles.